The molecule has 0 aromatic heterocycles. The standard InChI is InChI=1S/C12H18IN2O2/c1-13-15(2)8-10-5-3-4-9(6-10)7-11(14)12(16)17/h3-6,11H,7-8,14H2,1-2H3,(H,16,17)/q-1. The molecule has 1 unspecified atom stereocenters. The first-order valence-corrected chi connectivity index (χ1v) is 8.42. The minimum absolute atomic E-state index is 0.0956. The monoisotopic (exact) mass is 349 g/mol. The van der Waals surface area contributed by atoms with Crippen molar-refractivity contribution in [3.63, 3.8) is 0 Å². The van der Waals surface area contributed by atoms with Gasteiger partial charge < -0.3 is 0 Å². The van der Waals surface area contributed by atoms with E-state index < -0.39 is 12.0 Å². The molecule has 5 heteroatoms. The van der Waals surface area contributed by atoms with E-state index in [1.165, 1.54) is 5.56 Å². The van der Waals surface area contributed by atoms with Crippen LogP contribution in [0.25, 0.3) is 0 Å². The normalized spacial score (nSPS) is 12.9. The molecule has 0 saturated heterocycles. The van der Waals surface area contributed by atoms with Crippen molar-refractivity contribution in [1.29, 1.82) is 0 Å². The number of carbonyl (C=O) groups is 1. The Morgan fingerprint density at radius 3 is 2.76 bits per heavy atom. The fraction of sp³-hybridized carbons (Fsp3) is 0.417. The van der Waals surface area contributed by atoms with Crippen molar-refractivity contribution in [3.05, 3.63) is 35.4 Å². The Bertz CT molecular complexity index is 385. The number of hydrogen-bond acceptors (Lipinski definition) is 3. The summed E-state index contributed by atoms with van der Waals surface area (Å²) in [5.74, 6) is -0.952. The van der Waals surface area contributed by atoms with E-state index in [2.05, 4.69) is 21.2 Å². The van der Waals surface area contributed by atoms with Gasteiger partial charge in [-0.2, -0.15) is 0 Å². The second-order valence-electron chi connectivity index (χ2n) is 3.90. The Morgan fingerprint density at radius 1 is 1.53 bits per heavy atom. The molecule has 0 aliphatic rings. The first-order valence-electron chi connectivity index (χ1n) is 5.30. The quantitative estimate of drug-likeness (QED) is 0.345. The summed E-state index contributed by atoms with van der Waals surface area (Å²) < 4.78 is 2.30. The molecular weight excluding hydrogens is 331 g/mol. The van der Waals surface area contributed by atoms with Crippen LogP contribution in [0.3, 0.4) is 0 Å². The van der Waals surface area contributed by atoms with Crippen molar-refractivity contribution in [2.24, 2.45) is 5.73 Å². The van der Waals surface area contributed by atoms with Gasteiger partial charge in [-0.1, -0.05) is 0 Å². The molecule has 0 saturated carbocycles. The molecule has 0 heterocycles. The van der Waals surface area contributed by atoms with Crippen LogP contribution in [0, 0.1) is 0 Å². The molecule has 0 aliphatic carbocycles. The molecule has 96 valence electrons. The SMILES string of the molecule is C[I-]N(C)Cc1cccc(CC(N)C(=O)O)c1. The Morgan fingerprint density at radius 2 is 2.18 bits per heavy atom. The molecule has 1 aromatic carbocycles. The number of halogens is 1. The van der Waals surface area contributed by atoms with Gasteiger partial charge in [0.15, 0.2) is 0 Å². The zero-order chi connectivity index (χ0) is 12.8. The van der Waals surface area contributed by atoms with Gasteiger partial charge in [0.1, 0.15) is 0 Å². The number of benzene rings is 1. The average molecular weight is 349 g/mol. The summed E-state index contributed by atoms with van der Waals surface area (Å²) in [4.78, 5) is 12.9. The topological polar surface area (TPSA) is 66.6 Å². The second kappa shape index (κ2) is 6.93. The van der Waals surface area contributed by atoms with Crippen LogP contribution < -0.4 is 27.2 Å². The molecule has 17 heavy (non-hydrogen) atoms. The maximum absolute atomic E-state index is 10.7. The van der Waals surface area contributed by atoms with Crippen molar-refractivity contribution in [3.8, 4) is 0 Å². The van der Waals surface area contributed by atoms with Crippen molar-refractivity contribution < 1.29 is 31.4 Å². The molecule has 4 nitrogen and oxygen atoms in total. The van der Waals surface area contributed by atoms with Gasteiger partial charge in [0.05, 0.1) is 0 Å². The van der Waals surface area contributed by atoms with Crippen LogP contribution in [-0.2, 0) is 17.8 Å². The molecule has 0 radical (unpaired) electrons. The summed E-state index contributed by atoms with van der Waals surface area (Å²) in [6, 6.07) is 7.17. The molecule has 0 bridgehead atoms. The predicted molar refractivity (Wildman–Crippen MR) is 63.1 cm³/mol. The molecule has 0 spiro atoms. The van der Waals surface area contributed by atoms with Crippen LogP contribution in [-0.4, -0.2) is 32.2 Å². The van der Waals surface area contributed by atoms with Crippen molar-refractivity contribution in [1.82, 2.24) is 3.11 Å². The number of carboxylic acids is 1. The molecule has 1 aromatic rings. The Hall–Kier alpha value is -0.660. The van der Waals surface area contributed by atoms with E-state index in [4.69, 9.17) is 10.8 Å². The summed E-state index contributed by atoms with van der Waals surface area (Å²) in [6.07, 6.45) is 0.383. The van der Waals surface area contributed by atoms with E-state index in [0.29, 0.717) is 6.42 Å². The van der Waals surface area contributed by atoms with Crippen LogP contribution in [0.4, 0.5) is 0 Å². The third-order valence-electron chi connectivity index (χ3n) is 2.45. The summed E-state index contributed by atoms with van der Waals surface area (Å²) in [5.41, 5.74) is 7.72. The third kappa shape index (κ3) is 5.01. The summed E-state index contributed by atoms with van der Waals surface area (Å²) in [5, 5.41) is 8.77. The van der Waals surface area contributed by atoms with E-state index in [1.54, 1.807) is 0 Å². The van der Waals surface area contributed by atoms with Gasteiger partial charge in [-0.25, -0.2) is 0 Å². The molecule has 3 N–H and O–H groups in total. The molecule has 0 amide bonds. The predicted octanol–water partition coefficient (Wildman–Crippen LogP) is -2.29. The first kappa shape index (κ1) is 14.4. The molecular formula is C12H18IN2O2-. The van der Waals surface area contributed by atoms with Crippen LogP contribution in [0.5, 0.6) is 0 Å². The third-order valence-corrected chi connectivity index (χ3v) is 4.44. The summed E-state index contributed by atoms with van der Waals surface area (Å²) >= 11 is 0.0956. The average Bonchev–Trinajstić information content (AvgIpc) is 2.29. The van der Waals surface area contributed by atoms with Crippen LogP contribution in [0.2, 0.25) is 0 Å². The van der Waals surface area contributed by atoms with Gasteiger partial charge in [-0.15, -0.1) is 0 Å². The number of nitrogens with two attached hydrogens (primary N) is 1. The fourth-order valence-electron chi connectivity index (χ4n) is 1.51. The zero-order valence-electron chi connectivity index (χ0n) is 10.1. The van der Waals surface area contributed by atoms with E-state index >= 15 is 0 Å². The second-order valence-corrected chi connectivity index (χ2v) is 6.51. The van der Waals surface area contributed by atoms with Gasteiger partial charge >= 0.3 is 113 Å². The maximum atomic E-state index is 10.7. The van der Waals surface area contributed by atoms with Gasteiger partial charge in [0.25, 0.3) is 0 Å². The van der Waals surface area contributed by atoms with Crippen LogP contribution in [0.1, 0.15) is 11.1 Å². The van der Waals surface area contributed by atoms with E-state index in [-0.39, 0.29) is 21.5 Å². The Balaban J connectivity index is 2.68. The van der Waals surface area contributed by atoms with Crippen molar-refractivity contribution in [2.75, 3.05) is 12.0 Å². The Kier molecular flexibility index (Phi) is 5.87. The summed E-state index contributed by atoms with van der Waals surface area (Å²) in [7, 11) is 2.10. The van der Waals surface area contributed by atoms with Crippen molar-refractivity contribution in [2.45, 2.75) is 19.0 Å². The Labute approximate surface area is 112 Å². The summed E-state index contributed by atoms with van der Waals surface area (Å²) in [6.45, 7) is 0.917. The fourth-order valence-corrected chi connectivity index (χ4v) is 2.24. The number of alkyl halides is 1. The number of nitrogens with zero attached hydrogens (tertiary/aromatic N) is 1. The zero-order valence-corrected chi connectivity index (χ0v) is 12.2. The first-order chi connectivity index (χ1) is 8.02. The molecule has 1 rings (SSSR count). The number of aliphatic carboxylic acids is 1. The number of hydrogen-bond donors (Lipinski definition) is 2. The van der Waals surface area contributed by atoms with Gasteiger partial charge in [-0.3, -0.25) is 0 Å². The molecule has 0 fully saturated rings. The van der Waals surface area contributed by atoms with Gasteiger partial charge in [-0.05, 0) is 0 Å². The van der Waals surface area contributed by atoms with Gasteiger partial charge in [0.2, 0.25) is 0 Å². The van der Waals surface area contributed by atoms with Crippen molar-refractivity contribution >= 4 is 5.97 Å². The molecule has 0 aliphatic heterocycles. The van der Waals surface area contributed by atoms with Gasteiger partial charge in [0, 0.05) is 0 Å². The minimum atomic E-state index is -0.952. The number of rotatable bonds is 6. The van der Waals surface area contributed by atoms with E-state index in [0.717, 1.165) is 12.1 Å². The van der Waals surface area contributed by atoms with E-state index in [9.17, 15) is 4.79 Å². The molecule has 1 atom stereocenters. The van der Waals surface area contributed by atoms with Crippen LogP contribution in [0.15, 0.2) is 24.3 Å². The van der Waals surface area contributed by atoms with Crippen LogP contribution >= 0.6 is 0 Å². The number of carboxylic acid groups (broad SMARTS) is 1. The van der Waals surface area contributed by atoms with E-state index in [1.807, 2.05) is 18.2 Å².